The highest BCUT2D eigenvalue weighted by Gasteiger charge is 2.37. The normalized spacial score (nSPS) is 22.4. The molecule has 98 valence electrons. The number of nitrogens with zero attached hydrogens (tertiary/aromatic N) is 1. The van der Waals surface area contributed by atoms with E-state index in [4.69, 9.17) is 0 Å². The van der Waals surface area contributed by atoms with E-state index in [9.17, 15) is 9.81 Å². The van der Waals surface area contributed by atoms with Gasteiger partial charge in [-0.2, -0.15) is 5.26 Å². The van der Waals surface area contributed by atoms with Gasteiger partial charge in [-0.3, -0.25) is 0 Å². The van der Waals surface area contributed by atoms with Crippen LogP contribution < -0.4 is 4.72 Å². The van der Waals surface area contributed by atoms with E-state index in [-0.39, 0.29) is 10.8 Å². The van der Waals surface area contributed by atoms with Crippen molar-refractivity contribution in [2.24, 2.45) is 11.8 Å². The van der Waals surface area contributed by atoms with Gasteiger partial charge in [0.25, 0.3) is 0 Å². The Kier molecular flexibility index (Phi) is 5.30. The van der Waals surface area contributed by atoms with Gasteiger partial charge < -0.3 is 4.55 Å². The smallest absolute Gasteiger partial charge is 0.142 e. The summed E-state index contributed by atoms with van der Waals surface area (Å²) in [5.41, 5.74) is 0. The predicted octanol–water partition coefficient (Wildman–Crippen LogP) is 2.76. The van der Waals surface area contributed by atoms with Crippen LogP contribution in [0.2, 0.25) is 0 Å². The van der Waals surface area contributed by atoms with Crippen LogP contribution in [0.25, 0.3) is 0 Å². The summed E-state index contributed by atoms with van der Waals surface area (Å²) in [6.07, 6.45) is 4.71. The van der Waals surface area contributed by atoms with Gasteiger partial charge in [-0.15, -0.1) is 4.72 Å². The van der Waals surface area contributed by atoms with Crippen molar-refractivity contribution in [1.82, 2.24) is 4.72 Å². The van der Waals surface area contributed by atoms with Crippen molar-refractivity contribution >= 4 is 11.4 Å². The van der Waals surface area contributed by atoms with Crippen LogP contribution in [-0.2, 0) is 11.4 Å². The number of hydrogen-bond acceptors (Lipinski definition) is 3. The van der Waals surface area contributed by atoms with Crippen LogP contribution in [0.5, 0.6) is 0 Å². The third-order valence-corrected chi connectivity index (χ3v) is 5.16. The summed E-state index contributed by atoms with van der Waals surface area (Å²) in [5, 5.41) is 9.26. The molecule has 3 nitrogen and oxygen atoms in total. The van der Waals surface area contributed by atoms with E-state index in [1.54, 1.807) is 0 Å². The highest BCUT2D eigenvalue weighted by molar-refractivity contribution is 7.90. The van der Waals surface area contributed by atoms with Gasteiger partial charge in [0.15, 0.2) is 0 Å². The van der Waals surface area contributed by atoms with Gasteiger partial charge in [0.1, 0.15) is 10.8 Å². The largest absolute Gasteiger partial charge is 0.598 e. The number of nitriles is 1. The molecule has 1 saturated carbocycles. The van der Waals surface area contributed by atoms with Crippen LogP contribution in [0.15, 0.2) is 0 Å². The monoisotopic (exact) mass is 256 g/mol. The third-order valence-electron chi connectivity index (χ3n) is 3.58. The second-order valence-electron chi connectivity index (χ2n) is 5.87. The third kappa shape index (κ3) is 3.87. The molecule has 0 amide bonds. The Hall–Kier alpha value is -0.240. The van der Waals surface area contributed by atoms with Crippen molar-refractivity contribution in [2.45, 2.75) is 64.2 Å². The fraction of sp³-hybridized carbons (Fsp3) is 0.923. The van der Waals surface area contributed by atoms with E-state index in [0.29, 0.717) is 11.8 Å². The van der Waals surface area contributed by atoms with Gasteiger partial charge in [0.2, 0.25) is 0 Å². The summed E-state index contributed by atoms with van der Waals surface area (Å²) in [6, 6.07) is 2.03. The first-order valence-corrected chi connectivity index (χ1v) is 7.62. The van der Waals surface area contributed by atoms with Gasteiger partial charge in [-0.05, 0) is 32.6 Å². The molecule has 0 radical (unpaired) electrons. The molecule has 1 fully saturated rings. The molecule has 0 aromatic rings. The van der Waals surface area contributed by atoms with Crippen LogP contribution in [-0.4, -0.2) is 15.3 Å². The zero-order valence-corrected chi connectivity index (χ0v) is 12.1. The Labute approximate surface area is 108 Å². The van der Waals surface area contributed by atoms with Crippen LogP contribution in [0, 0.1) is 23.2 Å². The van der Waals surface area contributed by atoms with Crippen LogP contribution in [0.1, 0.15) is 53.4 Å². The molecule has 1 N–H and O–H groups in total. The number of hydrogen-bond donors (Lipinski definition) is 1. The zero-order chi connectivity index (χ0) is 13.1. The van der Waals surface area contributed by atoms with Crippen molar-refractivity contribution in [3.8, 4) is 6.07 Å². The lowest BCUT2D eigenvalue weighted by Crippen LogP contribution is -2.49. The highest BCUT2D eigenvalue weighted by Crippen LogP contribution is 2.37. The Morgan fingerprint density at radius 3 is 2.35 bits per heavy atom. The predicted molar refractivity (Wildman–Crippen MR) is 71.6 cm³/mol. The summed E-state index contributed by atoms with van der Waals surface area (Å²) < 4.78 is 14.7. The van der Waals surface area contributed by atoms with Gasteiger partial charge in [-0.25, -0.2) is 0 Å². The second kappa shape index (κ2) is 6.08. The van der Waals surface area contributed by atoms with Gasteiger partial charge in [-0.1, -0.05) is 32.6 Å². The van der Waals surface area contributed by atoms with Crippen molar-refractivity contribution in [2.75, 3.05) is 0 Å². The average Bonchev–Trinajstić information content (AvgIpc) is 2.18. The van der Waals surface area contributed by atoms with Crippen molar-refractivity contribution in [3.63, 3.8) is 0 Å². The summed E-state index contributed by atoms with van der Waals surface area (Å²) >= 11 is -1.16. The molecule has 0 aliphatic heterocycles. The average molecular weight is 256 g/mol. The van der Waals surface area contributed by atoms with Crippen LogP contribution in [0.3, 0.4) is 0 Å². The van der Waals surface area contributed by atoms with Gasteiger partial charge in [0, 0.05) is 11.4 Å². The fourth-order valence-electron chi connectivity index (χ4n) is 2.21. The topological polar surface area (TPSA) is 58.9 Å². The molecule has 3 atom stereocenters. The molecule has 17 heavy (non-hydrogen) atoms. The molecule has 1 unspecified atom stereocenters. The minimum Gasteiger partial charge on any atom is -0.598 e. The van der Waals surface area contributed by atoms with E-state index in [1.165, 1.54) is 19.3 Å². The first kappa shape index (κ1) is 14.8. The molecule has 0 spiro atoms. The van der Waals surface area contributed by atoms with Crippen LogP contribution in [0.4, 0.5) is 0 Å². The van der Waals surface area contributed by atoms with Crippen LogP contribution >= 0.6 is 0 Å². The number of nitrogens with one attached hydrogen (secondary N) is 1. The summed E-state index contributed by atoms with van der Waals surface area (Å²) in [7, 11) is 0. The Bertz CT molecular complexity index is 278. The minimum absolute atomic E-state index is 0.273. The lowest BCUT2D eigenvalue weighted by molar-refractivity contribution is 0.183. The summed E-state index contributed by atoms with van der Waals surface area (Å²) in [6.45, 7) is 7.90. The standard InChI is InChI=1S/C13H24N2OS/c1-5-11(10-7-6-8-10)12(9-14)15-17(16)13(2,3)4/h10-12,15H,5-8H2,1-4H3/t11-,12+,17?/m0/s1. The molecule has 0 heterocycles. The van der Waals surface area contributed by atoms with Crippen molar-refractivity contribution in [3.05, 3.63) is 0 Å². The molecule has 4 heteroatoms. The van der Waals surface area contributed by atoms with Gasteiger partial charge >= 0.3 is 0 Å². The molecular weight excluding hydrogens is 232 g/mol. The Morgan fingerprint density at radius 1 is 1.47 bits per heavy atom. The first-order chi connectivity index (χ1) is 7.90. The van der Waals surface area contributed by atoms with E-state index < -0.39 is 11.4 Å². The summed E-state index contributed by atoms with van der Waals surface area (Å²) in [4.78, 5) is 0. The molecular formula is C13H24N2OS. The van der Waals surface area contributed by atoms with Crippen molar-refractivity contribution in [1.29, 1.82) is 5.26 Å². The van der Waals surface area contributed by atoms with E-state index in [2.05, 4.69) is 17.7 Å². The lowest BCUT2D eigenvalue weighted by Gasteiger charge is -2.36. The molecule has 1 aliphatic carbocycles. The lowest BCUT2D eigenvalue weighted by atomic mass is 9.72. The maximum Gasteiger partial charge on any atom is 0.142 e. The highest BCUT2D eigenvalue weighted by atomic mass is 32.2. The van der Waals surface area contributed by atoms with E-state index in [0.717, 1.165) is 6.42 Å². The fourth-order valence-corrected chi connectivity index (χ4v) is 3.02. The maximum absolute atomic E-state index is 12.0. The number of rotatable bonds is 5. The quantitative estimate of drug-likeness (QED) is 0.769. The molecule has 0 aromatic carbocycles. The molecule has 1 rings (SSSR count). The SMILES string of the molecule is CC[C@@H](C1CCC1)[C@@H](C#N)N[S+]([O-])C(C)(C)C. The first-order valence-electron chi connectivity index (χ1n) is 6.47. The zero-order valence-electron chi connectivity index (χ0n) is 11.3. The van der Waals surface area contributed by atoms with Gasteiger partial charge in [0.05, 0.1) is 6.07 Å². The molecule has 1 aliphatic rings. The molecule has 0 saturated heterocycles. The summed E-state index contributed by atoms with van der Waals surface area (Å²) in [5.74, 6) is 0.995. The Morgan fingerprint density at radius 2 is 2.06 bits per heavy atom. The minimum atomic E-state index is -1.16. The van der Waals surface area contributed by atoms with E-state index in [1.807, 2.05) is 20.8 Å². The maximum atomic E-state index is 12.0. The second-order valence-corrected chi connectivity index (χ2v) is 7.87. The molecule has 0 bridgehead atoms. The van der Waals surface area contributed by atoms with Crippen molar-refractivity contribution < 1.29 is 4.55 Å². The Balaban J connectivity index is 2.60. The molecule has 0 aromatic heterocycles. The van der Waals surface area contributed by atoms with E-state index >= 15 is 0 Å².